The van der Waals surface area contributed by atoms with Crippen molar-refractivity contribution < 1.29 is 24.0 Å². The van der Waals surface area contributed by atoms with Crippen molar-refractivity contribution >= 4 is 17.5 Å². The highest BCUT2D eigenvalue weighted by molar-refractivity contribution is 6.23. The molecule has 0 saturated carbocycles. The van der Waals surface area contributed by atoms with Gasteiger partial charge in [0, 0.05) is 38.8 Å². The summed E-state index contributed by atoms with van der Waals surface area (Å²) in [5.41, 5.74) is 0.789. The number of amides is 2. The third kappa shape index (κ3) is 3.49. The number of carbonyl (C=O) groups excluding carboxylic acids is 2. The SMILES string of the molecule is O=C1c2cccc([N+](=O)[O-])c2C(=O)N1CN1CCN(Cc2ccc3c(c2)OCO3)CC1. The second-order valence-electron chi connectivity index (χ2n) is 7.72. The molecular formula is C21H20N4O6. The van der Waals surface area contributed by atoms with Crippen molar-refractivity contribution in [3.05, 3.63) is 63.2 Å². The second-order valence-corrected chi connectivity index (χ2v) is 7.72. The molecule has 2 amide bonds. The minimum atomic E-state index is -0.623. The fourth-order valence-electron chi connectivity index (χ4n) is 4.18. The molecule has 0 aromatic heterocycles. The van der Waals surface area contributed by atoms with E-state index in [4.69, 9.17) is 9.47 Å². The quantitative estimate of drug-likeness (QED) is 0.406. The van der Waals surface area contributed by atoms with Gasteiger partial charge < -0.3 is 9.47 Å². The third-order valence-corrected chi connectivity index (χ3v) is 5.82. The highest BCUT2D eigenvalue weighted by Gasteiger charge is 2.41. The van der Waals surface area contributed by atoms with Crippen LogP contribution in [-0.2, 0) is 6.54 Å². The van der Waals surface area contributed by atoms with E-state index in [1.807, 2.05) is 23.1 Å². The van der Waals surface area contributed by atoms with Gasteiger partial charge >= 0.3 is 0 Å². The topological polar surface area (TPSA) is 105 Å². The van der Waals surface area contributed by atoms with E-state index in [0.717, 1.165) is 41.6 Å². The normalized spacial score (nSPS) is 18.5. The van der Waals surface area contributed by atoms with Crippen LogP contribution in [0.5, 0.6) is 11.5 Å². The Hall–Kier alpha value is -3.50. The number of hydrogen-bond donors (Lipinski definition) is 0. The number of ether oxygens (including phenoxy) is 2. The summed E-state index contributed by atoms with van der Waals surface area (Å²) in [6, 6.07) is 10.1. The molecule has 0 bridgehead atoms. The molecule has 0 spiro atoms. The highest BCUT2D eigenvalue weighted by Crippen LogP contribution is 2.33. The average Bonchev–Trinajstić information content (AvgIpc) is 3.33. The zero-order valence-electron chi connectivity index (χ0n) is 16.7. The van der Waals surface area contributed by atoms with Gasteiger partial charge in [0.05, 0.1) is 17.2 Å². The third-order valence-electron chi connectivity index (χ3n) is 5.82. The smallest absolute Gasteiger partial charge is 0.282 e. The summed E-state index contributed by atoms with van der Waals surface area (Å²) in [6.45, 7) is 4.05. The van der Waals surface area contributed by atoms with Gasteiger partial charge in [0.15, 0.2) is 11.5 Å². The summed E-state index contributed by atoms with van der Waals surface area (Å²) in [5, 5.41) is 11.3. The Bertz CT molecular complexity index is 1080. The Kier molecular flexibility index (Phi) is 4.79. The number of nitro benzene ring substituents is 1. The predicted molar refractivity (Wildman–Crippen MR) is 108 cm³/mol. The van der Waals surface area contributed by atoms with E-state index in [2.05, 4.69) is 4.90 Å². The van der Waals surface area contributed by atoms with Crippen LogP contribution in [0.1, 0.15) is 26.3 Å². The molecule has 3 heterocycles. The van der Waals surface area contributed by atoms with Gasteiger partial charge in [-0.1, -0.05) is 12.1 Å². The van der Waals surface area contributed by atoms with E-state index < -0.39 is 16.7 Å². The summed E-state index contributed by atoms with van der Waals surface area (Å²) in [5.74, 6) is 0.437. The fourth-order valence-corrected chi connectivity index (χ4v) is 4.18. The van der Waals surface area contributed by atoms with Gasteiger partial charge in [-0.05, 0) is 23.8 Å². The zero-order chi connectivity index (χ0) is 21.5. The molecule has 0 N–H and O–H groups in total. The number of carbonyl (C=O) groups is 2. The van der Waals surface area contributed by atoms with Gasteiger partial charge in [-0.15, -0.1) is 0 Å². The van der Waals surface area contributed by atoms with Crippen molar-refractivity contribution in [2.24, 2.45) is 0 Å². The summed E-state index contributed by atoms with van der Waals surface area (Å²) >= 11 is 0. The molecule has 0 aliphatic carbocycles. The Labute approximate surface area is 177 Å². The van der Waals surface area contributed by atoms with Crippen LogP contribution < -0.4 is 9.47 Å². The molecule has 31 heavy (non-hydrogen) atoms. The lowest BCUT2D eigenvalue weighted by atomic mass is 10.1. The van der Waals surface area contributed by atoms with Crippen LogP contribution >= 0.6 is 0 Å². The van der Waals surface area contributed by atoms with Gasteiger partial charge in [0.1, 0.15) is 5.56 Å². The maximum Gasteiger partial charge on any atom is 0.282 e. The van der Waals surface area contributed by atoms with Gasteiger partial charge in [0.2, 0.25) is 6.79 Å². The highest BCUT2D eigenvalue weighted by atomic mass is 16.7. The second kappa shape index (κ2) is 7.64. The van der Waals surface area contributed by atoms with E-state index in [9.17, 15) is 19.7 Å². The number of benzene rings is 2. The first-order valence-corrected chi connectivity index (χ1v) is 9.98. The van der Waals surface area contributed by atoms with E-state index in [1.165, 1.54) is 18.2 Å². The minimum absolute atomic E-state index is 0.0978. The van der Waals surface area contributed by atoms with Crippen molar-refractivity contribution in [1.29, 1.82) is 0 Å². The largest absolute Gasteiger partial charge is 0.454 e. The zero-order valence-corrected chi connectivity index (χ0v) is 16.7. The minimum Gasteiger partial charge on any atom is -0.454 e. The maximum absolute atomic E-state index is 12.7. The molecular weight excluding hydrogens is 404 g/mol. The lowest BCUT2D eigenvalue weighted by molar-refractivity contribution is -0.385. The van der Waals surface area contributed by atoms with Crippen molar-refractivity contribution in [2.45, 2.75) is 6.54 Å². The fraction of sp³-hybridized carbons (Fsp3) is 0.333. The Morgan fingerprint density at radius 1 is 0.935 bits per heavy atom. The molecule has 10 nitrogen and oxygen atoms in total. The molecule has 1 fully saturated rings. The Morgan fingerprint density at radius 3 is 2.45 bits per heavy atom. The Morgan fingerprint density at radius 2 is 1.68 bits per heavy atom. The van der Waals surface area contributed by atoms with E-state index >= 15 is 0 Å². The lowest BCUT2D eigenvalue weighted by Crippen LogP contribution is -2.50. The molecule has 160 valence electrons. The van der Waals surface area contributed by atoms with Crippen molar-refractivity contribution in [1.82, 2.24) is 14.7 Å². The lowest BCUT2D eigenvalue weighted by Gasteiger charge is -2.36. The van der Waals surface area contributed by atoms with Gasteiger partial charge in [-0.2, -0.15) is 0 Å². The Balaban J connectivity index is 1.20. The molecule has 0 radical (unpaired) electrons. The summed E-state index contributed by atoms with van der Waals surface area (Å²) in [4.78, 5) is 41.5. The number of nitro groups is 1. The van der Waals surface area contributed by atoms with E-state index in [0.29, 0.717) is 13.1 Å². The number of hydrogen-bond acceptors (Lipinski definition) is 8. The number of rotatable bonds is 5. The van der Waals surface area contributed by atoms with Crippen LogP contribution in [-0.4, -0.2) is 71.1 Å². The molecule has 1 saturated heterocycles. The van der Waals surface area contributed by atoms with Crippen LogP contribution in [0.4, 0.5) is 5.69 Å². The van der Waals surface area contributed by atoms with Crippen LogP contribution in [0.3, 0.4) is 0 Å². The maximum atomic E-state index is 12.7. The monoisotopic (exact) mass is 424 g/mol. The first-order chi connectivity index (χ1) is 15.0. The van der Waals surface area contributed by atoms with Crippen LogP contribution in [0.25, 0.3) is 0 Å². The molecule has 3 aliphatic heterocycles. The first-order valence-electron chi connectivity index (χ1n) is 9.98. The van der Waals surface area contributed by atoms with Gasteiger partial charge in [-0.25, -0.2) is 0 Å². The number of fused-ring (bicyclic) bond motifs is 2. The molecule has 2 aromatic rings. The predicted octanol–water partition coefficient (Wildman–Crippen LogP) is 1.69. The van der Waals surface area contributed by atoms with Crippen molar-refractivity contribution in [2.75, 3.05) is 39.6 Å². The molecule has 3 aliphatic rings. The van der Waals surface area contributed by atoms with Gasteiger partial charge in [-0.3, -0.25) is 34.4 Å². The number of nitrogens with zero attached hydrogens (tertiary/aromatic N) is 4. The molecule has 0 atom stereocenters. The summed E-state index contributed by atoms with van der Waals surface area (Å²) < 4.78 is 10.8. The molecule has 2 aromatic carbocycles. The first kappa shape index (κ1) is 19.5. The van der Waals surface area contributed by atoms with Crippen molar-refractivity contribution in [3.8, 4) is 11.5 Å². The van der Waals surface area contributed by atoms with Crippen LogP contribution in [0.15, 0.2) is 36.4 Å². The van der Waals surface area contributed by atoms with E-state index in [1.54, 1.807) is 0 Å². The van der Waals surface area contributed by atoms with Gasteiger partial charge in [0.25, 0.3) is 17.5 Å². The van der Waals surface area contributed by atoms with Crippen LogP contribution in [0.2, 0.25) is 0 Å². The summed E-state index contributed by atoms with van der Waals surface area (Å²) in [6.07, 6.45) is 0. The van der Waals surface area contributed by atoms with E-state index in [-0.39, 0.29) is 30.3 Å². The number of imide groups is 1. The number of piperazine rings is 1. The molecule has 5 rings (SSSR count). The van der Waals surface area contributed by atoms with Crippen LogP contribution in [0, 0.1) is 10.1 Å². The van der Waals surface area contributed by atoms with Crippen molar-refractivity contribution in [3.63, 3.8) is 0 Å². The summed E-state index contributed by atoms with van der Waals surface area (Å²) in [7, 11) is 0. The molecule has 10 heteroatoms. The molecule has 0 unspecified atom stereocenters. The average molecular weight is 424 g/mol. The standard InChI is InChI=1S/C21H20N4O6/c26-20-15-2-1-3-16(25(28)29)19(15)21(27)24(20)12-23-8-6-22(7-9-23)11-14-4-5-17-18(10-14)31-13-30-17/h1-5,10H,6-9,11-13H2.